The normalized spacial score (nSPS) is 12.5. The van der Waals surface area contributed by atoms with E-state index in [1.54, 1.807) is 0 Å². The van der Waals surface area contributed by atoms with Crippen LogP contribution in [-0.4, -0.2) is 18.8 Å². The van der Waals surface area contributed by atoms with E-state index in [4.69, 9.17) is 9.47 Å². The zero-order chi connectivity index (χ0) is 12.7. The highest BCUT2D eigenvalue weighted by Gasteiger charge is 2.05. The Morgan fingerprint density at radius 2 is 2.06 bits per heavy atom. The number of hydrogen-bond acceptors (Lipinski definition) is 2. The Labute approximate surface area is 104 Å². The maximum absolute atomic E-state index is 5.79. The minimum Gasteiger partial charge on any atom is -0.488 e. The molecule has 0 saturated carbocycles. The van der Waals surface area contributed by atoms with Gasteiger partial charge in [0.25, 0.3) is 0 Å². The molecule has 0 saturated heterocycles. The Morgan fingerprint density at radius 1 is 1.29 bits per heavy atom. The van der Waals surface area contributed by atoms with Crippen molar-refractivity contribution in [2.75, 3.05) is 6.61 Å². The van der Waals surface area contributed by atoms with E-state index in [1.807, 2.05) is 45.0 Å². The standard InChI is InChI=1S/C15H22O2/c1-5-7-14-8-6-9-15(10-14)17-13(4)11-16-12(2)3/h5-6,8-10,12-13H,1,7,11H2,2-4H3. The molecule has 0 aliphatic heterocycles. The van der Waals surface area contributed by atoms with Gasteiger partial charge in [-0.05, 0) is 44.9 Å². The first-order valence-electron chi connectivity index (χ1n) is 6.10. The molecule has 1 atom stereocenters. The number of rotatable bonds is 7. The lowest BCUT2D eigenvalue weighted by Crippen LogP contribution is -2.21. The summed E-state index contributed by atoms with van der Waals surface area (Å²) in [5, 5.41) is 0. The third-order valence-electron chi connectivity index (χ3n) is 2.28. The first-order valence-corrected chi connectivity index (χ1v) is 6.10. The quantitative estimate of drug-likeness (QED) is 0.671. The molecule has 0 fully saturated rings. The van der Waals surface area contributed by atoms with Gasteiger partial charge in [-0.25, -0.2) is 0 Å². The van der Waals surface area contributed by atoms with E-state index in [1.165, 1.54) is 5.56 Å². The zero-order valence-electron chi connectivity index (χ0n) is 11.0. The minimum absolute atomic E-state index is 0.0661. The fraction of sp³-hybridized carbons (Fsp3) is 0.467. The van der Waals surface area contributed by atoms with Gasteiger partial charge in [-0.15, -0.1) is 6.58 Å². The molecule has 2 nitrogen and oxygen atoms in total. The molecular weight excluding hydrogens is 212 g/mol. The molecule has 0 radical (unpaired) electrons. The van der Waals surface area contributed by atoms with Crippen molar-refractivity contribution < 1.29 is 9.47 Å². The van der Waals surface area contributed by atoms with Gasteiger partial charge < -0.3 is 9.47 Å². The van der Waals surface area contributed by atoms with Crippen LogP contribution in [0.25, 0.3) is 0 Å². The predicted molar refractivity (Wildman–Crippen MR) is 71.5 cm³/mol. The van der Waals surface area contributed by atoms with Crippen LogP contribution >= 0.6 is 0 Å². The molecule has 0 aliphatic carbocycles. The summed E-state index contributed by atoms with van der Waals surface area (Å²) in [5.41, 5.74) is 1.22. The first-order chi connectivity index (χ1) is 8.11. The summed E-state index contributed by atoms with van der Waals surface area (Å²) in [6.45, 7) is 10.4. The lowest BCUT2D eigenvalue weighted by molar-refractivity contribution is 0.0230. The van der Waals surface area contributed by atoms with Crippen LogP contribution in [0.1, 0.15) is 26.3 Å². The average molecular weight is 234 g/mol. The van der Waals surface area contributed by atoms with E-state index in [2.05, 4.69) is 12.6 Å². The van der Waals surface area contributed by atoms with Crippen LogP contribution in [0, 0.1) is 0 Å². The molecule has 0 N–H and O–H groups in total. The Bertz CT molecular complexity index is 345. The highest BCUT2D eigenvalue weighted by molar-refractivity contribution is 5.29. The van der Waals surface area contributed by atoms with E-state index < -0.39 is 0 Å². The summed E-state index contributed by atoms with van der Waals surface area (Å²) in [6, 6.07) is 8.10. The van der Waals surface area contributed by atoms with Crippen LogP contribution in [0.3, 0.4) is 0 Å². The highest BCUT2D eigenvalue weighted by Crippen LogP contribution is 2.15. The lowest BCUT2D eigenvalue weighted by atomic mass is 10.1. The van der Waals surface area contributed by atoms with Crippen molar-refractivity contribution in [3.05, 3.63) is 42.5 Å². The van der Waals surface area contributed by atoms with Crippen molar-refractivity contribution in [1.29, 1.82) is 0 Å². The lowest BCUT2D eigenvalue weighted by Gasteiger charge is -2.17. The van der Waals surface area contributed by atoms with Crippen LogP contribution < -0.4 is 4.74 Å². The summed E-state index contributed by atoms with van der Waals surface area (Å²) in [7, 11) is 0. The number of hydrogen-bond donors (Lipinski definition) is 0. The second kappa shape index (κ2) is 7.13. The fourth-order valence-corrected chi connectivity index (χ4v) is 1.51. The van der Waals surface area contributed by atoms with Crippen LogP contribution in [0.15, 0.2) is 36.9 Å². The molecule has 0 heterocycles. The van der Waals surface area contributed by atoms with E-state index in [9.17, 15) is 0 Å². The summed E-state index contributed by atoms with van der Waals surface area (Å²) in [6.07, 6.45) is 3.07. The third-order valence-corrected chi connectivity index (χ3v) is 2.28. The molecule has 1 unspecified atom stereocenters. The number of benzene rings is 1. The number of ether oxygens (including phenoxy) is 2. The van der Waals surface area contributed by atoms with Crippen molar-refractivity contribution in [3.63, 3.8) is 0 Å². The molecule has 1 aromatic carbocycles. The third kappa shape index (κ3) is 5.55. The summed E-state index contributed by atoms with van der Waals surface area (Å²) < 4.78 is 11.3. The van der Waals surface area contributed by atoms with Crippen LogP contribution in [0.5, 0.6) is 5.75 Å². The van der Waals surface area contributed by atoms with Crippen molar-refractivity contribution in [1.82, 2.24) is 0 Å². The zero-order valence-corrected chi connectivity index (χ0v) is 11.0. The minimum atomic E-state index is 0.0661. The second-order valence-corrected chi connectivity index (χ2v) is 4.45. The van der Waals surface area contributed by atoms with E-state index >= 15 is 0 Å². The Morgan fingerprint density at radius 3 is 2.71 bits per heavy atom. The van der Waals surface area contributed by atoms with Gasteiger partial charge in [0.05, 0.1) is 12.7 Å². The van der Waals surface area contributed by atoms with Crippen molar-refractivity contribution in [2.45, 2.75) is 39.4 Å². The van der Waals surface area contributed by atoms with Crippen molar-refractivity contribution in [2.24, 2.45) is 0 Å². The van der Waals surface area contributed by atoms with Gasteiger partial charge in [-0.2, -0.15) is 0 Å². The Hall–Kier alpha value is -1.28. The molecule has 0 amide bonds. The van der Waals surface area contributed by atoms with Gasteiger partial charge in [0.15, 0.2) is 0 Å². The fourth-order valence-electron chi connectivity index (χ4n) is 1.51. The van der Waals surface area contributed by atoms with Gasteiger partial charge in [0, 0.05) is 0 Å². The molecular formula is C15H22O2. The van der Waals surface area contributed by atoms with Crippen LogP contribution in [-0.2, 0) is 11.2 Å². The highest BCUT2D eigenvalue weighted by atomic mass is 16.5. The second-order valence-electron chi connectivity index (χ2n) is 4.45. The molecule has 1 rings (SSSR count). The summed E-state index contributed by atoms with van der Waals surface area (Å²) >= 11 is 0. The number of allylic oxidation sites excluding steroid dienone is 1. The monoisotopic (exact) mass is 234 g/mol. The van der Waals surface area contributed by atoms with E-state index in [-0.39, 0.29) is 12.2 Å². The van der Waals surface area contributed by atoms with Gasteiger partial charge >= 0.3 is 0 Å². The topological polar surface area (TPSA) is 18.5 Å². The molecule has 0 spiro atoms. The average Bonchev–Trinajstić information content (AvgIpc) is 2.27. The smallest absolute Gasteiger partial charge is 0.120 e. The molecule has 0 aromatic heterocycles. The van der Waals surface area contributed by atoms with Gasteiger partial charge in [0.2, 0.25) is 0 Å². The van der Waals surface area contributed by atoms with Crippen LogP contribution in [0.2, 0.25) is 0 Å². The largest absolute Gasteiger partial charge is 0.488 e. The van der Waals surface area contributed by atoms with E-state index in [0.29, 0.717) is 6.61 Å². The Balaban J connectivity index is 2.49. The maximum atomic E-state index is 5.79. The maximum Gasteiger partial charge on any atom is 0.120 e. The van der Waals surface area contributed by atoms with Crippen molar-refractivity contribution in [3.8, 4) is 5.75 Å². The van der Waals surface area contributed by atoms with Crippen LogP contribution in [0.4, 0.5) is 0 Å². The van der Waals surface area contributed by atoms with Gasteiger partial charge in [-0.3, -0.25) is 0 Å². The SMILES string of the molecule is C=CCc1cccc(OC(C)COC(C)C)c1. The molecule has 2 heteroatoms. The molecule has 17 heavy (non-hydrogen) atoms. The van der Waals surface area contributed by atoms with Crippen molar-refractivity contribution >= 4 is 0 Å². The predicted octanol–water partition coefficient (Wildman–Crippen LogP) is 3.61. The van der Waals surface area contributed by atoms with Gasteiger partial charge in [-0.1, -0.05) is 18.2 Å². The van der Waals surface area contributed by atoms with E-state index in [0.717, 1.165) is 12.2 Å². The Kier molecular flexibility index (Phi) is 5.78. The molecule has 94 valence electrons. The summed E-state index contributed by atoms with van der Waals surface area (Å²) in [5.74, 6) is 0.893. The first kappa shape index (κ1) is 13.8. The van der Waals surface area contributed by atoms with Gasteiger partial charge in [0.1, 0.15) is 11.9 Å². The molecule has 1 aromatic rings. The molecule has 0 bridgehead atoms. The summed E-state index contributed by atoms with van der Waals surface area (Å²) in [4.78, 5) is 0. The molecule has 0 aliphatic rings.